The molecule has 0 aliphatic heterocycles. The second kappa shape index (κ2) is 8.24. The van der Waals surface area contributed by atoms with Gasteiger partial charge in [-0.2, -0.15) is 0 Å². The third-order valence-electron chi connectivity index (χ3n) is 4.42. The molecule has 2 heterocycles. The number of carbonyl (C=O) groups is 1. The van der Waals surface area contributed by atoms with E-state index in [1.54, 1.807) is 33.2 Å². The molecule has 0 radical (unpaired) electrons. The fourth-order valence-corrected chi connectivity index (χ4v) is 3.80. The SMILES string of the molecule is COc1cccc(-c2nc(CCC(C)(C)C(=O)O)sc2-c2ccnc(Cl)n2)c1. The normalized spacial score (nSPS) is 11.4. The van der Waals surface area contributed by atoms with Gasteiger partial charge in [0.2, 0.25) is 5.28 Å². The molecule has 0 saturated carbocycles. The first-order valence-corrected chi connectivity index (χ1v) is 9.86. The van der Waals surface area contributed by atoms with Crippen molar-refractivity contribution in [1.29, 1.82) is 0 Å². The lowest BCUT2D eigenvalue weighted by Crippen LogP contribution is -2.24. The van der Waals surface area contributed by atoms with E-state index in [2.05, 4.69) is 9.97 Å². The molecule has 0 aliphatic rings. The quantitative estimate of drug-likeness (QED) is 0.546. The molecule has 0 amide bonds. The predicted molar refractivity (Wildman–Crippen MR) is 110 cm³/mol. The van der Waals surface area contributed by atoms with Crippen LogP contribution in [0.1, 0.15) is 25.3 Å². The Labute approximate surface area is 172 Å². The average molecular weight is 418 g/mol. The Bertz CT molecular complexity index is 1000. The summed E-state index contributed by atoms with van der Waals surface area (Å²) in [5.74, 6) is -0.0920. The lowest BCUT2D eigenvalue weighted by Gasteiger charge is -2.17. The minimum atomic E-state index is -0.820. The molecule has 0 aliphatic carbocycles. The third-order valence-corrected chi connectivity index (χ3v) is 5.74. The summed E-state index contributed by atoms with van der Waals surface area (Å²) < 4.78 is 5.33. The zero-order chi connectivity index (χ0) is 20.3. The van der Waals surface area contributed by atoms with Gasteiger partial charge in [-0.05, 0) is 50.1 Å². The Morgan fingerprint density at radius 2 is 2.07 bits per heavy atom. The number of carboxylic acids is 1. The number of thiazole rings is 1. The molecule has 0 bridgehead atoms. The van der Waals surface area contributed by atoms with Crippen LogP contribution in [-0.2, 0) is 11.2 Å². The summed E-state index contributed by atoms with van der Waals surface area (Å²) in [5.41, 5.74) is 1.52. The van der Waals surface area contributed by atoms with Gasteiger partial charge in [-0.15, -0.1) is 11.3 Å². The average Bonchev–Trinajstić information content (AvgIpc) is 3.11. The van der Waals surface area contributed by atoms with E-state index in [1.807, 2.05) is 24.3 Å². The third kappa shape index (κ3) is 4.48. The number of aliphatic carboxylic acids is 1. The summed E-state index contributed by atoms with van der Waals surface area (Å²) in [6.07, 6.45) is 2.64. The number of hydrogen-bond acceptors (Lipinski definition) is 6. The molecule has 6 nitrogen and oxygen atoms in total. The van der Waals surface area contributed by atoms with E-state index in [4.69, 9.17) is 21.3 Å². The maximum Gasteiger partial charge on any atom is 0.309 e. The first-order valence-electron chi connectivity index (χ1n) is 8.66. The van der Waals surface area contributed by atoms with E-state index in [0.29, 0.717) is 18.5 Å². The fourth-order valence-electron chi connectivity index (χ4n) is 2.60. The van der Waals surface area contributed by atoms with Crippen molar-refractivity contribution < 1.29 is 14.6 Å². The van der Waals surface area contributed by atoms with Crippen LogP contribution in [0.4, 0.5) is 0 Å². The minimum Gasteiger partial charge on any atom is -0.497 e. The fraction of sp³-hybridized carbons (Fsp3) is 0.300. The zero-order valence-corrected chi connectivity index (χ0v) is 17.3. The van der Waals surface area contributed by atoms with Crippen LogP contribution in [0, 0.1) is 5.41 Å². The predicted octanol–water partition coefficient (Wildman–Crippen LogP) is 4.97. The second-order valence-corrected chi connectivity index (χ2v) is 8.34. The highest BCUT2D eigenvalue weighted by atomic mass is 35.5. The van der Waals surface area contributed by atoms with Crippen LogP contribution in [0.15, 0.2) is 36.5 Å². The van der Waals surface area contributed by atoms with Gasteiger partial charge in [-0.1, -0.05) is 12.1 Å². The van der Waals surface area contributed by atoms with E-state index in [0.717, 1.165) is 26.9 Å². The van der Waals surface area contributed by atoms with Crippen LogP contribution in [0.5, 0.6) is 5.75 Å². The van der Waals surface area contributed by atoms with E-state index in [-0.39, 0.29) is 5.28 Å². The van der Waals surface area contributed by atoms with Gasteiger partial charge in [0.1, 0.15) is 5.75 Å². The van der Waals surface area contributed by atoms with Gasteiger partial charge >= 0.3 is 5.97 Å². The smallest absolute Gasteiger partial charge is 0.309 e. The van der Waals surface area contributed by atoms with Crippen LogP contribution in [-0.4, -0.2) is 33.1 Å². The first-order chi connectivity index (χ1) is 13.3. The Morgan fingerprint density at radius 1 is 1.29 bits per heavy atom. The van der Waals surface area contributed by atoms with Crippen molar-refractivity contribution >= 4 is 28.9 Å². The minimum absolute atomic E-state index is 0.163. The molecule has 1 N–H and O–H groups in total. The largest absolute Gasteiger partial charge is 0.497 e. The summed E-state index contributed by atoms with van der Waals surface area (Å²) in [4.78, 5) is 25.3. The van der Waals surface area contributed by atoms with Gasteiger partial charge in [-0.3, -0.25) is 4.79 Å². The Hall–Kier alpha value is -2.51. The van der Waals surface area contributed by atoms with E-state index < -0.39 is 11.4 Å². The number of methoxy groups -OCH3 is 1. The molecule has 0 unspecified atom stereocenters. The lowest BCUT2D eigenvalue weighted by atomic mass is 9.88. The number of aryl methyl sites for hydroxylation is 1. The van der Waals surface area contributed by atoms with E-state index >= 15 is 0 Å². The van der Waals surface area contributed by atoms with Crippen LogP contribution < -0.4 is 4.74 Å². The number of carboxylic acid groups (broad SMARTS) is 1. The summed E-state index contributed by atoms with van der Waals surface area (Å²) in [6.45, 7) is 3.44. The van der Waals surface area contributed by atoms with Gasteiger partial charge in [0.15, 0.2) is 0 Å². The number of ether oxygens (including phenoxy) is 1. The van der Waals surface area contributed by atoms with Crippen LogP contribution in [0.3, 0.4) is 0 Å². The molecule has 8 heteroatoms. The van der Waals surface area contributed by atoms with Gasteiger partial charge in [0.05, 0.1) is 33.8 Å². The zero-order valence-electron chi connectivity index (χ0n) is 15.8. The van der Waals surface area contributed by atoms with Crippen molar-refractivity contribution in [2.24, 2.45) is 5.41 Å². The van der Waals surface area contributed by atoms with Crippen molar-refractivity contribution in [1.82, 2.24) is 15.0 Å². The van der Waals surface area contributed by atoms with Crippen LogP contribution >= 0.6 is 22.9 Å². The molecule has 0 atom stereocenters. The number of rotatable bonds is 7. The number of aromatic nitrogens is 3. The Morgan fingerprint density at radius 3 is 2.75 bits per heavy atom. The molecule has 0 spiro atoms. The van der Waals surface area contributed by atoms with E-state index in [9.17, 15) is 9.90 Å². The topological polar surface area (TPSA) is 85.2 Å². The van der Waals surface area contributed by atoms with E-state index in [1.165, 1.54) is 11.3 Å². The Balaban J connectivity index is 2.03. The molecule has 3 aromatic rings. The maximum absolute atomic E-state index is 11.4. The highest BCUT2D eigenvalue weighted by Crippen LogP contribution is 2.38. The summed E-state index contributed by atoms with van der Waals surface area (Å²) in [5, 5.41) is 10.4. The maximum atomic E-state index is 11.4. The van der Waals surface area contributed by atoms with Gasteiger partial charge in [-0.25, -0.2) is 15.0 Å². The molecular weight excluding hydrogens is 398 g/mol. The number of hydrogen-bond donors (Lipinski definition) is 1. The first kappa shape index (κ1) is 20.2. The number of halogens is 1. The number of nitrogens with zero attached hydrogens (tertiary/aromatic N) is 3. The number of benzene rings is 1. The summed E-state index contributed by atoms with van der Waals surface area (Å²) in [6, 6.07) is 9.42. The molecular formula is C20H20ClN3O3S. The monoisotopic (exact) mass is 417 g/mol. The summed E-state index contributed by atoms with van der Waals surface area (Å²) >= 11 is 7.47. The van der Waals surface area contributed by atoms with Gasteiger partial charge in [0.25, 0.3) is 0 Å². The van der Waals surface area contributed by atoms with Gasteiger partial charge < -0.3 is 9.84 Å². The highest BCUT2D eigenvalue weighted by molar-refractivity contribution is 7.15. The van der Waals surface area contributed by atoms with Crippen molar-refractivity contribution in [3.05, 3.63) is 46.8 Å². The molecule has 0 saturated heterocycles. The second-order valence-electron chi connectivity index (χ2n) is 6.92. The molecule has 0 fully saturated rings. The highest BCUT2D eigenvalue weighted by Gasteiger charge is 2.27. The molecule has 146 valence electrons. The van der Waals surface area contributed by atoms with Crippen molar-refractivity contribution in [2.45, 2.75) is 26.7 Å². The molecule has 1 aromatic carbocycles. The standard InChI is InChI=1S/C20H20ClN3O3S/c1-20(2,18(25)26)9-7-15-24-16(12-5-4-6-13(11-12)27-3)17(28-15)14-8-10-22-19(21)23-14/h4-6,8,10-11H,7,9H2,1-3H3,(H,25,26). The van der Waals surface area contributed by atoms with Crippen molar-refractivity contribution in [3.8, 4) is 27.6 Å². The van der Waals surface area contributed by atoms with Crippen LogP contribution in [0.25, 0.3) is 21.8 Å². The van der Waals surface area contributed by atoms with Crippen molar-refractivity contribution in [2.75, 3.05) is 7.11 Å². The Kier molecular flexibility index (Phi) is 5.96. The molecule has 3 rings (SSSR count). The molecule has 28 heavy (non-hydrogen) atoms. The van der Waals surface area contributed by atoms with Gasteiger partial charge in [0, 0.05) is 18.2 Å². The van der Waals surface area contributed by atoms with Crippen molar-refractivity contribution in [3.63, 3.8) is 0 Å². The molecule has 2 aromatic heterocycles. The lowest BCUT2D eigenvalue weighted by molar-refractivity contribution is -0.147. The summed E-state index contributed by atoms with van der Waals surface area (Å²) in [7, 11) is 1.62. The van der Waals surface area contributed by atoms with Crippen LogP contribution in [0.2, 0.25) is 5.28 Å².